The highest BCUT2D eigenvalue weighted by molar-refractivity contribution is 6.03. The zero-order chi connectivity index (χ0) is 17.1. The van der Waals surface area contributed by atoms with Gasteiger partial charge in [-0.3, -0.25) is 4.79 Å². The second-order valence-corrected chi connectivity index (χ2v) is 5.06. The Kier molecular flexibility index (Phi) is 4.33. The van der Waals surface area contributed by atoms with E-state index in [1.807, 2.05) is 37.3 Å². The Balaban J connectivity index is 1.93. The molecule has 3 rings (SSSR count). The molecule has 24 heavy (non-hydrogen) atoms. The molecule has 0 atom stereocenters. The van der Waals surface area contributed by atoms with Crippen LogP contribution in [0.2, 0.25) is 0 Å². The van der Waals surface area contributed by atoms with Crippen molar-refractivity contribution in [3.8, 4) is 5.69 Å². The predicted molar refractivity (Wildman–Crippen MR) is 85.0 cm³/mol. The molecule has 7 heteroatoms. The van der Waals surface area contributed by atoms with E-state index in [9.17, 15) is 13.6 Å². The van der Waals surface area contributed by atoms with Crippen molar-refractivity contribution in [1.82, 2.24) is 15.0 Å². The van der Waals surface area contributed by atoms with Gasteiger partial charge in [-0.2, -0.15) is 0 Å². The summed E-state index contributed by atoms with van der Waals surface area (Å²) >= 11 is 0. The Morgan fingerprint density at radius 3 is 2.62 bits per heavy atom. The van der Waals surface area contributed by atoms with E-state index in [0.717, 1.165) is 23.9 Å². The lowest BCUT2D eigenvalue weighted by atomic mass is 10.2. The molecule has 0 saturated heterocycles. The van der Waals surface area contributed by atoms with Crippen molar-refractivity contribution in [2.75, 3.05) is 5.32 Å². The highest BCUT2D eigenvalue weighted by atomic mass is 19.1. The molecular formula is C17H14F2N4O. The number of para-hydroxylation sites is 1. The monoisotopic (exact) mass is 328 g/mol. The normalized spacial score (nSPS) is 10.6. The van der Waals surface area contributed by atoms with Crippen molar-refractivity contribution in [3.63, 3.8) is 0 Å². The number of hydrogen-bond acceptors (Lipinski definition) is 3. The molecular weight excluding hydrogens is 314 g/mol. The average Bonchev–Trinajstić information content (AvgIpc) is 3.03. The van der Waals surface area contributed by atoms with E-state index in [4.69, 9.17) is 0 Å². The van der Waals surface area contributed by atoms with E-state index in [1.165, 1.54) is 0 Å². The minimum absolute atomic E-state index is 0.0741. The first kappa shape index (κ1) is 15.8. The molecule has 0 aliphatic heterocycles. The first-order valence-electron chi connectivity index (χ1n) is 7.36. The molecule has 0 saturated carbocycles. The molecule has 0 unspecified atom stereocenters. The number of amides is 1. The lowest BCUT2D eigenvalue weighted by molar-refractivity contribution is 0.102. The molecule has 5 nitrogen and oxygen atoms in total. The largest absolute Gasteiger partial charge is 0.318 e. The summed E-state index contributed by atoms with van der Waals surface area (Å²) < 4.78 is 28.4. The third-order valence-corrected chi connectivity index (χ3v) is 3.49. The quantitative estimate of drug-likeness (QED) is 0.799. The van der Waals surface area contributed by atoms with Gasteiger partial charge >= 0.3 is 0 Å². The molecule has 2 aromatic carbocycles. The fourth-order valence-electron chi connectivity index (χ4n) is 2.35. The molecule has 1 aromatic heterocycles. The van der Waals surface area contributed by atoms with E-state index in [1.54, 1.807) is 4.68 Å². The van der Waals surface area contributed by atoms with Gasteiger partial charge in [0.05, 0.1) is 17.1 Å². The maximum atomic E-state index is 13.7. The Labute approximate surface area is 136 Å². The van der Waals surface area contributed by atoms with Crippen molar-refractivity contribution in [2.24, 2.45) is 0 Å². The summed E-state index contributed by atoms with van der Waals surface area (Å²) in [6, 6.07) is 12.1. The van der Waals surface area contributed by atoms with Crippen LogP contribution in [0.5, 0.6) is 0 Å². The third-order valence-electron chi connectivity index (χ3n) is 3.49. The number of carbonyl (C=O) groups excluding carboxylic acids is 1. The van der Waals surface area contributed by atoms with E-state index in [-0.39, 0.29) is 11.4 Å². The standard InChI is InChI=1S/C17H14F2N4O/c1-2-15-16(21-22-23(15)12-6-4-3-5-7-12)17(24)20-14-10-11(18)8-9-13(14)19/h3-10H,2H2,1H3,(H,20,24). The number of benzene rings is 2. The van der Waals surface area contributed by atoms with Crippen LogP contribution >= 0.6 is 0 Å². The van der Waals surface area contributed by atoms with Crippen LogP contribution in [0.1, 0.15) is 23.1 Å². The minimum Gasteiger partial charge on any atom is -0.318 e. The van der Waals surface area contributed by atoms with Crippen molar-refractivity contribution in [1.29, 1.82) is 0 Å². The maximum absolute atomic E-state index is 13.7. The van der Waals surface area contributed by atoms with Gasteiger partial charge in [0.25, 0.3) is 5.91 Å². The highest BCUT2D eigenvalue weighted by Crippen LogP contribution is 2.18. The number of aromatic nitrogens is 3. The number of nitrogens with one attached hydrogen (secondary N) is 1. The topological polar surface area (TPSA) is 59.8 Å². The lowest BCUT2D eigenvalue weighted by Gasteiger charge is -2.07. The van der Waals surface area contributed by atoms with Crippen molar-refractivity contribution >= 4 is 11.6 Å². The fourth-order valence-corrected chi connectivity index (χ4v) is 2.35. The number of hydrogen-bond donors (Lipinski definition) is 1. The van der Waals surface area contributed by atoms with Crippen LogP contribution in [0.25, 0.3) is 5.69 Å². The van der Waals surface area contributed by atoms with Gasteiger partial charge in [0.15, 0.2) is 5.69 Å². The van der Waals surface area contributed by atoms with Gasteiger partial charge in [-0.1, -0.05) is 30.3 Å². The molecule has 0 spiro atoms. The molecule has 1 N–H and O–H groups in total. The number of halogens is 2. The van der Waals surface area contributed by atoms with Crippen LogP contribution in [0, 0.1) is 11.6 Å². The van der Waals surface area contributed by atoms with E-state index < -0.39 is 17.5 Å². The molecule has 122 valence electrons. The number of anilines is 1. The molecule has 1 amide bonds. The van der Waals surface area contributed by atoms with Crippen LogP contribution in [0.3, 0.4) is 0 Å². The summed E-state index contributed by atoms with van der Waals surface area (Å²) in [5.74, 6) is -2.01. The van der Waals surface area contributed by atoms with E-state index in [0.29, 0.717) is 12.1 Å². The number of carbonyl (C=O) groups is 1. The van der Waals surface area contributed by atoms with Gasteiger partial charge in [0.1, 0.15) is 11.6 Å². The molecule has 1 heterocycles. The Morgan fingerprint density at radius 1 is 1.17 bits per heavy atom. The summed E-state index contributed by atoms with van der Waals surface area (Å²) in [6.45, 7) is 1.86. The second-order valence-electron chi connectivity index (χ2n) is 5.06. The number of nitrogens with zero attached hydrogens (tertiary/aromatic N) is 3. The average molecular weight is 328 g/mol. The zero-order valence-electron chi connectivity index (χ0n) is 12.8. The SMILES string of the molecule is CCc1c(C(=O)Nc2cc(F)ccc2F)nnn1-c1ccccc1. The minimum atomic E-state index is -0.724. The Hall–Kier alpha value is -3.09. The summed E-state index contributed by atoms with van der Waals surface area (Å²) in [4.78, 5) is 12.4. The lowest BCUT2D eigenvalue weighted by Crippen LogP contribution is -2.16. The summed E-state index contributed by atoms with van der Waals surface area (Å²) in [7, 11) is 0. The highest BCUT2D eigenvalue weighted by Gasteiger charge is 2.20. The van der Waals surface area contributed by atoms with Crippen LogP contribution in [-0.4, -0.2) is 20.9 Å². The third kappa shape index (κ3) is 3.01. The fraction of sp³-hybridized carbons (Fsp3) is 0.118. The van der Waals surface area contributed by atoms with Crippen LogP contribution in [0.4, 0.5) is 14.5 Å². The molecule has 0 fully saturated rings. The Bertz CT molecular complexity index is 878. The smallest absolute Gasteiger partial charge is 0.278 e. The van der Waals surface area contributed by atoms with Gasteiger partial charge in [-0.05, 0) is 30.7 Å². The molecule has 0 radical (unpaired) electrons. The van der Waals surface area contributed by atoms with Crippen molar-refractivity contribution in [2.45, 2.75) is 13.3 Å². The first-order chi connectivity index (χ1) is 11.6. The van der Waals surface area contributed by atoms with Gasteiger partial charge in [0, 0.05) is 6.07 Å². The predicted octanol–water partition coefficient (Wildman–Crippen LogP) is 3.36. The van der Waals surface area contributed by atoms with Crippen LogP contribution in [0.15, 0.2) is 48.5 Å². The van der Waals surface area contributed by atoms with E-state index in [2.05, 4.69) is 15.6 Å². The molecule has 0 bridgehead atoms. The summed E-state index contributed by atoms with van der Waals surface area (Å²) in [5, 5.41) is 10.2. The summed E-state index contributed by atoms with van der Waals surface area (Å²) in [6.07, 6.45) is 0.496. The van der Waals surface area contributed by atoms with Gasteiger partial charge < -0.3 is 5.32 Å². The van der Waals surface area contributed by atoms with Crippen LogP contribution < -0.4 is 5.32 Å². The Morgan fingerprint density at radius 2 is 1.92 bits per heavy atom. The van der Waals surface area contributed by atoms with Gasteiger partial charge in [-0.25, -0.2) is 13.5 Å². The molecule has 0 aliphatic carbocycles. The summed E-state index contributed by atoms with van der Waals surface area (Å²) in [5.41, 5.74) is 1.18. The van der Waals surface area contributed by atoms with E-state index >= 15 is 0 Å². The van der Waals surface area contributed by atoms with Crippen LogP contribution in [-0.2, 0) is 6.42 Å². The maximum Gasteiger partial charge on any atom is 0.278 e. The molecule has 0 aliphatic rings. The van der Waals surface area contributed by atoms with Gasteiger partial charge in [0.2, 0.25) is 0 Å². The zero-order valence-corrected chi connectivity index (χ0v) is 12.8. The second kappa shape index (κ2) is 6.57. The molecule has 3 aromatic rings. The first-order valence-corrected chi connectivity index (χ1v) is 7.36. The van der Waals surface area contributed by atoms with Crippen molar-refractivity contribution < 1.29 is 13.6 Å². The number of rotatable bonds is 4. The van der Waals surface area contributed by atoms with Gasteiger partial charge in [-0.15, -0.1) is 5.10 Å². The van der Waals surface area contributed by atoms with Crippen molar-refractivity contribution in [3.05, 3.63) is 71.6 Å².